The van der Waals surface area contributed by atoms with Crippen LogP contribution < -0.4 is 14.8 Å². The third-order valence-electron chi connectivity index (χ3n) is 3.59. The van der Waals surface area contributed by atoms with Gasteiger partial charge in [-0.1, -0.05) is 0 Å². The van der Waals surface area contributed by atoms with Gasteiger partial charge in [-0.2, -0.15) is 0 Å². The van der Waals surface area contributed by atoms with Crippen molar-refractivity contribution in [1.29, 1.82) is 0 Å². The first-order valence-corrected chi connectivity index (χ1v) is 7.59. The molecule has 2 atom stereocenters. The van der Waals surface area contributed by atoms with Gasteiger partial charge in [-0.3, -0.25) is 4.79 Å². The van der Waals surface area contributed by atoms with Crippen LogP contribution in [0, 0.1) is 5.92 Å². The molecule has 0 saturated carbocycles. The number of thioether (sulfide) groups is 1. The first-order valence-electron chi connectivity index (χ1n) is 6.37. The lowest BCUT2D eigenvalue weighted by atomic mass is 9.99. The van der Waals surface area contributed by atoms with Crippen LogP contribution in [0.25, 0.3) is 0 Å². The third-order valence-corrected chi connectivity index (χ3v) is 4.42. The molecular formula is C14H19NO4S. The number of nitrogens with one attached hydrogen (secondary N) is 1. The van der Waals surface area contributed by atoms with Crippen molar-refractivity contribution in [1.82, 2.24) is 5.32 Å². The quantitative estimate of drug-likeness (QED) is 0.812. The van der Waals surface area contributed by atoms with Crippen LogP contribution in [-0.2, 0) is 4.79 Å². The summed E-state index contributed by atoms with van der Waals surface area (Å²) in [7, 11) is 3.26. The predicted molar refractivity (Wildman–Crippen MR) is 77.8 cm³/mol. The molecule has 0 spiro atoms. The van der Waals surface area contributed by atoms with Gasteiger partial charge >= 0.3 is 5.97 Å². The molecule has 1 saturated heterocycles. The molecule has 1 aliphatic heterocycles. The van der Waals surface area contributed by atoms with Crippen LogP contribution >= 0.6 is 11.8 Å². The molecule has 0 radical (unpaired) electrons. The normalized spacial score (nSPS) is 21.8. The van der Waals surface area contributed by atoms with E-state index in [-0.39, 0.29) is 12.0 Å². The molecule has 1 fully saturated rings. The van der Waals surface area contributed by atoms with E-state index in [1.807, 2.05) is 18.4 Å². The zero-order valence-electron chi connectivity index (χ0n) is 11.8. The van der Waals surface area contributed by atoms with Gasteiger partial charge < -0.3 is 19.9 Å². The van der Waals surface area contributed by atoms with E-state index in [2.05, 4.69) is 5.32 Å². The monoisotopic (exact) mass is 297 g/mol. The minimum Gasteiger partial charge on any atom is -0.496 e. The molecule has 5 nitrogen and oxygen atoms in total. The summed E-state index contributed by atoms with van der Waals surface area (Å²) in [5.74, 6) is 0.436. The van der Waals surface area contributed by atoms with E-state index in [0.29, 0.717) is 13.0 Å². The lowest BCUT2D eigenvalue weighted by molar-refractivity contribution is -0.141. The molecule has 1 aliphatic rings. The Labute approximate surface area is 122 Å². The Hall–Kier alpha value is -1.40. The number of carbonyl (C=O) groups is 1. The maximum absolute atomic E-state index is 11.1. The van der Waals surface area contributed by atoms with Crippen LogP contribution in [0.5, 0.6) is 11.5 Å². The van der Waals surface area contributed by atoms with Crippen molar-refractivity contribution in [2.75, 3.05) is 27.0 Å². The Morgan fingerprint density at radius 3 is 2.50 bits per heavy atom. The van der Waals surface area contributed by atoms with Crippen molar-refractivity contribution in [2.45, 2.75) is 17.4 Å². The predicted octanol–water partition coefficient (Wildman–Crippen LogP) is 2.16. The number of carboxylic acids is 1. The largest absolute Gasteiger partial charge is 0.496 e. The molecule has 0 amide bonds. The molecule has 1 heterocycles. The van der Waals surface area contributed by atoms with Crippen molar-refractivity contribution in [3.8, 4) is 11.5 Å². The molecular weight excluding hydrogens is 278 g/mol. The number of carboxylic acid groups (broad SMARTS) is 1. The highest BCUT2D eigenvalue weighted by Gasteiger charge is 2.33. The number of ether oxygens (including phenoxy) is 2. The summed E-state index contributed by atoms with van der Waals surface area (Å²) in [6.07, 6.45) is 2.54. The number of rotatable bonds is 5. The van der Waals surface area contributed by atoms with Gasteiger partial charge in [-0.15, -0.1) is 11.8 Å². The van der Waals surface area contributed by atoms with Crippen molar-refractivity contribution in [3.05, 3.63) is 17.7 Å². The van der Waals surface area contributed by atoms with Crippen molar-refractivity contribution in [3.63, 3.8) is 0 Å². The molecule has 6 heteroatoms. The topological polar surface area (TPSA) is 67.8 Å². The van der Waals surface area contributed by atoms with Crippen LogP contribution in [0.4, 0.5) is 0 Å². The molecule has 0 aliphatic carbocycles. The maximum atomic E-state index is 11.1. The van der Waals surface area contributed by atoms with E-state index in [4.69, 9.17) is 14.6 Å². The van der Waals surface area contributed by atoms with Gasteiger partial charge in [0.2, 0.25) is 0 Å². The van der Waals surface area contributed by atoms with Crippen LogP contribution in [0.3, 0.4) is 0 Å². The summed E-state index contributed by atoms with van der Waals surface area (Å²) >= 11 is 1.58. The molecule has 2 rings (SSSR count). The lowest BCUT2D eigenvalue weighted by Gasteiger charge is -2.20. The highest BCUT2D eigenvalue weighted by molar-refractivity contribution is 7.98. The summed E-state index contributed by atoms with van der Waals surface area (Å²) in [6, 6.07) is 3.71. The summed E-state index contributed by atoms with van der Waals surface area (Å²) < 4.78 is 10.8. The number of hydrogen-bond acceptors (Lipinski definition) is 5. The Morgan fingerprint density at radius 1 is 1.35 bits per heavy atom. The van der Waals surface area contributed by atoms with Gasteiger partial charge in [0.25, 0.3) is 0 Å². The number of hydrogen-bond donors (Lipinski definition) is 2. The van der Waals surface area contributed by atoms with Gasteiger partial charge in [-0.25, -0.2) is 0 Å². The van der Waals surface area contributed by atoms with E-state index < -0.39 is 5.97 Å². The zero-order chi connectivity index (χ0) is 14.7. The van der Waals surface area contributed by atoms with E-state index >= 15 is 0 Å². The minimum atomic E-state index is -0.757. The minimum absolute atomic E-state index is 0.0244. The highest BCUT2D eigenvalue weighted by Crippen LogP contribution is 2.43. The van der Waals surface area contributed by atoms with Crippen molar-refractivity contribution in [2.24, 2.45) is 5.92 Å². The standard InChI is InChI=1S/C14H19NO4S/c1-18-10-4-5-11(19-2)13(20-3)12(10)9-6-8(7-15-9)14(16)17/h4-5,8-9,15H,6-7H2,1-3H3,(H,16,17). The van der Waals surface area contributed by atoms with Gasteiger partial charge in [0, 0.05) is 18.2 Å². The summed E-state index contributed by atoms with van der Waals surface area (Å²) in [4.78, 5) is 12.1. The van der Waals surface area contributed by atoms with Gasteiger partial charge in [0.05, 0.1) is 25.0 Å². The lowest BCUT2D eigenvalue weighted by Crippen LogP contribution is -2.18. The van der Waals surface area contributed by atoms with E-state index in [1.165, 1.54) is 0 Å². The fourth-order valence-electron chi connectivity index (χ4n) is 2.58. The second-order valence-corrected chi connectivity index (χ2v) is 5.47. The number of benzene rings is 1. The number of methoxy groups -OCH3 is 2. The Balaban J connectivity index is 2.41. The van der Waals surface area contributed by atoms with E-state index in [0.717, 1.165) is 22.0 Å². The molecule has 2 N–H and O–H groups in total. The summed E-state index contributed by atoms with van der Waals surface area (Å²) in [5, 5.41) is 12.4. The van der Waals surface area contributed by atoms with Crippen molar-refractivity contribution < 1.29 is 19.4 Å². The van der Waals surface area contributed by atoms with Crippen LogP contribution in [0.1, 0.15) is 18.0 Å². The van der Waals surface area contributed by atoms with Crippen LogP contribution in [-0.4, -0.2) is 38.1 Å². The Bertz CT molecular complexity index is 506. The fourth-order valence-corrected chi connectivity index (χ4v) is 3.40. The smallest absolute Gasteiger partial charge is 0.307 e. The summed E-state index contributed by atoms with van der Waals surface area (Å²) in [6.45, 7) is 0.480. The molecule has 2 unspecified atom stereocenters. The first-order chi connectivity index (χ1) is 9.62. The van der Waals surface area contributed by atoms with Crippen molar-refractivity contribution >= 4 is 17.7 Å². The number of aliphatic carboxylic acids is 1. The highest BCUT2D eigenvalue weighted by atomic mass is 32.2. The van der Waals surface area contributed by atoms with Crippen LogP contribution in [0.2, 0.25) is 0 Å². The Kier molecular flexibility index (Phi) is 4.77. The molecule has 110 valence electrons. The molecule has 1 aromatic carbocycles. The fraction of sp³-hybridized carbons (Fsp3) is 0.500. The maximum Gasteiger partial charge on any atom is 0.307 e. The van der Waals surface area contributed by atoms with E-state index in [1.54, 1.807) is 26.0 Å². The Morgan fingerprint density at radius 2 is 2.00 bits per heavy atom. The van der Waals surface area contributed by atoms with Gasteiger partial charge in [0.15, 0.2) is 0 Å². The van der Waals surface area contributed by atoms with Gasteiger partial charge in [-0.05, 0) is 24.8 Å². The first kappa shape index (κ1) is 15.0. The summed E-state index contributed by atoms with van der Waals surface area (Å²) in [5.41, 5.74) is 0.989. The average molecular weight is 297 g/mol. The van der Waals surface area contributed by atoms with Gasteiger partial charge in [0.1, 0.15) is 11.5 Å². The second kappa shape index (κ2) is 6.37. The van der Waals surface area contributed by atoms with Crippen LogP contribution in [0.15, 0.2) is 17.0 Å². The SMILES string of the molecule is COc1ccc(OC)c(C2CC(C(=O)O)CN2)c1SC. The van der Waals surface area contributed by atoms with E-state index in [9.17, 15) is 4.79 Å². The molecule has 1 aromatic rings. The average Bonchev–Trinajstić information content (AvgIpc) is 2.95. The molecule has 0 bridgehead atoms. The third kappa shape index (κ3) is 2.71. The second-order valence-electron chi connectivity index (χ2n) is 4.65. The molecule has 0 aromatic heterocycles. The molecule has 20 heavy (non-hydrogen) atoms. The zero-order valence-corrected chi connectivity index (χ0v) is 12.6.